The molecule has 1 atom stereocenters. The molecule has 0 heterocycles. The second kappa shape index (κ2) is 19.2. The Balaban J connectivity index is 0.0000144. The van der Waals surface area contributed by atoms with Crippen molar-refractivity contribution in [1.82, 2.24) is 0 Å². The van der Waals surface area contributed by atoms with Crippen LogP contribution in [0.3, 0.4) is 0 Å². The van der Waals surface area contributed by atoms with Crippen molar-refractivity contribution in [3.05, 3.63) is 33.9 Å². The van der Waals surface area contributed by atoms with E-state index in [2.05, 4.69) is 12.2 Å². The summed E-state index contributed by atoms with van der Waals surface area (Å²) in [5.41, 5.74) is 0.182. The van der Waals surface area contributed by atoms with Crippen LogP contribution in [-0.4, -0.2) is 58.3 Å². The highest BCUT2D eigenvalue weighted by Crippen LogP contribution is 2.44. The molecule has 0 aliphatic carbocycles. The topological polar surface area (TPSA) is 169 Å². The molecule has 1 amide bonds. The molecule has 11 nitrogen and oxygen atoms in total. The van der Waals surface area contributed by atoms with E-state index < -0.39 is 18.8 Å². The van der Waals surface area contributed by atoms with Gasteiger partial charge in [-0.2, -0.15) is 0 Å². The monoisotopic (exact) mass is 575 g/mol. The predicted molar refractivity (Wildman–Crippen MR) is 153 cm³/mol. The normalized spacial score (nSPS) is 12.6. The van der Waals surface area contributed by atoms with E-state index in [1.165, 1.54) is 76.0 Å². The second-order valence-corrected chi connectivity index (χ2v) is 12.3. The van der Waals surface area contributed by atoms with Crippen molar-refractivity contribution in [1.29, 1.82) is 0 Å². The van der Waals surface area contributed by atoms with Crippen LogP contribution in [-0.2, 0) is 13.9 Å². The van der Waals surface area contributed by atoms with Gasteiger partial charge in [0.1, 0.15) is 12.6 Å². The van der Waals surface area contributed by atoms with Crippen molar-refractivity contribution in [3.8, 4) is 0 Å². The van der Waals surface area contributed by atoms with Gasteiger partial charge in [-0.15, -0.1) is 0 Å². The molecule has 0 aromatic heterocycles. The molecule has 0 fully saturated rings. The van der Waals surface area contributed by atoms with Crippen LogP contribution < -0.4 is 5.32 Å². The minimum Gasteiger partial charge on any atom is -0.870 e. The highest BCUT2D eigenvalue weighted by molar-refractivity contribution is 7.46. The molecule has 0 bridgehead atoms. The summed E-state index contributed by atoms with van der Waals surface area (Å²) < 4.78 is 17.0. The number of benzene rings is 1. The number of carbonyl (C=O) groups is 1. The molecule has 0 spiro atoms. The van der Waals surface area contributed by atoms with Crippen LogP contribution in [0, 0.1) is 10.1 Å². The fourth-order valence-corrected chi connectivity index (χ4v) is 4.93. The Bertz CT molecular complexity index is 902. The zero-order valence-corrected chi connectivity index (χ0v) is 25.0. The Labute approximate surface area is 233 Å². The maximum absolute atomic E-state index is 12.7. The van der Waals surface area contributed by atoms with Gasteiger partial charge in [-0.1, -0.05) is 84.0 Å². The number of phosphoric acid groups is 1. The van der Waals surface area contributed by atoms with Crippen LogP contribution in [0.5, 0.6) is 0 Å². The first-order valence-corrected chi connectivity index (χ1v) is 15.5. The molecular weight excluding hydrogens is 525 g/mol. The number of rotatable bonds is 21. The van der Waals surface area contributed by atoms with E-state index in [9.17, 15) is 29.3 Å². The number of likely N-dealkylation sites (N-methyl/N-ethyl adjacent to an activating group) is 1. The molecule has 4 N–H and O–H groups in total. The molecule has 0 aliphatic heterocycles. The van der Waals surface area contributed by atoms with Gasteiger partial charge >= 0.3 is 7.82 Å². The number of nitro groups is 1. The van der Waals surface area contributed by atoms with Crippen LogP contribution in [0.2, 0.25) is 0 Å². The summed E-state index contributed by atoms with van der Waals surface area (Å²) >= 11 is 0. The molecular formula is C27H50N3O8P. The van der Waals surface area contributed by atoms with Gasteiger partial charge in [-0.25, -0.2) is 4.57 Å². The Morgan fingerprint density at radius 2 is 1.46 bits per heavy atom. The van der Waals surface area contributed by atoms with E-state index in [1.54, 1.807) is 0 Å². The van der Waals surface area contributed by atoms with E-state index in [0.717, 1.165) is 19.3 Å². The van der Waals surface area contributed by atoms with Crippen molar-refractivity contribution < 1.29 is 38.6 Å². The van der Waals surface area contributed by atoms with Gasteiger partial charge < -0.3 is 25.1 Å². The lowest BCUT2D eigenvalue weighted by atomic mass is 10.0. The third-order valence-corrected chi connectivity index (χ3v) is 6.88. The number of quaternary nitrogens is 1. The number of carbonyl (C=O) groups excluding carboxylic acids is 1. The fourth-order valence-electron chi connectivity index (χ4n) is 4.41. The first-order valence-electron chi connectivity index (χ1n) is 13.9. The molecule has 226 valence electrons. The van der Waals surface area contributed by atoms with Crippen LogP contribution in [0.4, 0.5) is 11.4 Å². The summed E-state index contributed by atoms with van der Waals surface area (Å²) in [6.07, 6.45) is 14.8. The number of nitro benzene ring substituents is 1. The zero-order chi connectivity index (χ0) is 28.6. The van der Waals surface area contributed by atoms with Crippen LogP contribution in [0.25, 0.3) is 0 Å². The molecule has 0 aliphatic rings. The van der Waals surface area contributed by atoms with Gasteiger partial charge in [0, 0.05) is 24.1 Å². The van der Waals surface area contributed by atoms with E-state index in [1.807, 2.05) is 21.1 Å². The molecule has 1 aromatic rings. The number of hydrogen-bond acceptors (Lipinski definition) is 6. The number of anilines is 1. The first kappa shape index (κ1) is 37.1. The van der Waals surface area contributed by atoms with Crippen molar-refractivity contribution in [2.75, 3.05) is 33.0 Å². The van der Waals surface area contributed by atoms with Crippen molar-refractivity contribution in [2.24, 2.45) is 0 Å². The summed E-state index contributed by atoms with van der Waals surface area (Å²) in [6.45, 7) is 2.40. The quantitative estimate of drug-likeness (QED) is 0.0478. The largest absolute Gasteiger partial charge is 0.870 e. The Kier molecular flexibility index (Phi) is 18.3. The maximum Gasteiger partial charge on any atom is 0.470 e. The molecule has 0 saturated carbocycles. The zero-order valence-electron chi connectivity index (χ0n) is 24.1. The summed E-state index contributed by atoms with van der Waals surface area (Å²) in [5.74, 6) is -0.296. The highest BCUT2D eigenvalue weighted by atomic mass is 31.2. The number of nitrogens with zero attached hydrogens (tertiary/aromatic N) is 2. The summed E-state index contributed by atoms with van der Waals surface area (Å²) in [4.78, 5) is 42.3. The van der Waals surface area contributed by atoms with Gasteiger partial charge in [-0.05, 0) is 12.5 Å². The van der Waals surface area contributed by atoms with E-state index in [0.29, 0.717) is 10.9 Å². The minimum absolute atomic E-state index is 0. The molecule has 12 heteroatoms. The lowest BCUT2D eigenvalue weighted by molar-refractivity contribution is -0.874. The Morgan fingerprint density at radius 3 is 1.90 bits per heavy atom. The number of unbranched alkanes of at least 4 members (excludes halogenated alkanes) is 12. The lowest BCUT2D eigenvalue weighted by Crippen LogP contribution is -2.39. The molecule has 39 heavy (non-hydrogen) atoms. The number of phosphoric ester groups is 1. The van der Waals surface area contributed by atoms with Crippen LogP contribution in [0.1, 0.15) is 108 Å². The van der Waals surface area contributed by atoms with Gasteiger partial charge in [0.25, 0.3) is 5.69 Å². The van der Waals surface area contributed by atoms with Crippen molar-refractivity contribution >= 4 is 25.1 Å². The Morgan fingerprint density at radius 1 is 0.974 bits per heavy atom. The molecule has 0 radical (unpaired) electrons. The lowest BCUT2D eigenvalue weighted by Gasteiger charge is -2.30. The summed E-state index contributed by atoms with van der Waals surface area (Å²) in [6, 6.07) is 3.83. The first-order chi connectivity index (χ1) is 17.8. The van der Waals surface area contributed by atoms with E-state index in [-0.39, 0.29) is 41.3 Å². The van der Waals surface area contributed by atoms with Gasteiger partial charge in [0.2, 0.25) is 5.91 Å². The molecule has 1 unspecified atom stereocenters. The van der Waals surface area contributed by atoms with Gasteiger partial charge in [0.05, 0.1) is 31.8 Å². The average Bonchev–Trinajstić information content (AvgIpc) is 2.79. The summed E-state index contributed by atoms with van der Waals surface area (Å²) in [5, 5.41) is 14.0. The second-order valence-electron chi connectivity index (χ2n) is 11.1. The van der Waals surface area contributed by atoms with Gasteiger partial charge in [-0.3, -0.25) is 19.4 Å². The maximum atomic E-state index is 12.7. The third-order valence-electron chi connectivity index (χ3n) is 6.35. The molecule has 0 saturated heterocycles. The average molecular weight is 576 g/mol. The van der Waals surface area contributed by atoms with Crippen LogP contribution >= 0.6 is 7.82 Å². The minimum atomic E-state index is -4.86. The van der Waals surface area contributed by atoms with Crippen LogP contribution in [0.15, 0.2) is 18.2 Å². The number of non-ortho nitro benzene ring substituents is 1. The predicted octanol–water partition coefficient (Wildman–Crippen LogP) is 6.69. The number of hydrogen-bond donors (Lipinski definition) is 3. The molecule has 1 aromatic carbocycles. The van der Waals surface area contributed by atoms with Gasteiger partial charge in [0.15, 0.2) is 0 Å². The number of amides is 1. The summed E-state index contributed by atoms with van der Waals surface area (Å²) in [7, 11) is 0.624. The van der Waals surface area contributed by atoms with Crippen molar-refractivity contribution in [2.45, 2.75) is 103 Å². The Hall–Kier alpha value is -1.88. The SMILES string of the molecule is CCCCCCCCCCCCCCCC(=O)Nc1cc([N+](=O)[O-])ccc1C(C[N+](C)(C)C)OP(=O)(O)O.[OH-]. The fraction of sp³-hybridized carbons (Fsp3) is 0.741. The standard InChI is InChI=1S/C27H48N3O7P.H2O/c1-5-6-7-8-9-10-11-12-13-14-15-16-17-18-27(31)28-25-21-23(29(32)33)19-20-24(25)26(22-30(2,3)4)37-38(34,35)36;/h19-21,26H,5-18,22H2,1-4H3,(H2-,28,31,34,35,36);1H2. The smallest absolute Gasteiger partial charge is 0.470 e. The molecule has 1 rings (SSSR count). The number of nitrogens with one attached hydrogen (secondary N) is 1. The highest BCUT2D eigenvalue weighted by Gasteiger charge is 2.31. The van der Waals surface area contributed by atoms with E-state index >= 15 is 0 Å². The third kappa shape index (κ3) is 18.2. The van der Waals surface area contributed by atoms with E-state index in [4.69, 9.17) is 4.52 Å². The van der Waals surface area contributed by atoms with Crippen molar-refractivity contribution in [3.63, 3.8) is 0 Å².